The molecule has 2 heterocycles. The molecule has 1 aromatic rings. The van der Waals surface area contributed by atoms with Crippen molar-refractivity contribution in [3.05, 3.63) is 35.3 Å². The molecule has 1 fully saturated rings. The molecule has 0 aromatic carbocycles. The van der Waals surface area contributed by atoms with Gasteiger partial charge < -0.3 is 21.3 Å². The summed E-state index contributed by atoms with van der Waals surface area (Å²) in [5.74, 6) is -1.44. The highest BCUT2D eigenvalue weighted by Gasteiger charge is 2.20. The molecule has 4 N–H and O–H groups in total. The lowest BCUT2D eigenvalue weighted by molar-refractivity contribution is -0.136. The van der Waals surface area contributed by atoms with E-state index in [9.17, 15) is 14.4 Å². The van der Waals surface area contributed by atoms with E-state index in [-0.39, 0.29) is 17.3 Å². The lowest BCUT2D eigenvalue weighted by atomic mass is 10.2. The number of anilines is 1. The van der Waals surface area contributed by atoms with E-state index >= 15 is 0 Å². The Morgan fingerprint density at radius 3 is 2.47 bits per heavy atom. The summed E-state index contributed by atoms with van der Waals surface area (Å²) in [6, 6.07) is 3.66. The molecule has 30 heavy (non-hydrogen) atoms. The Balaban J connectivity index is 1.88. The van der Waals surface area contributed by atoms with Gasteiger partial charge in [-0.3, -0.25) is 19.3 Å². The van der Waals surface area contributed by atoms with E-state index in [1.807, 2.05) is 13.0 Å². The zero-order chi connectivity index (χ0) is 22.3. The van der Waals surface area contributed by atoms with Gasteiger partial charge in [0.05, 0.1) is 11.4 Å². The van der Waals surface area contributed by atoms with Crippen LogP contribution >= 0.6 is 12.2 Å². The fourth-order valence-electron chi connectivity index (χ4n) is 3.14. The number of aromatic nitrogens is 1. The molecule has 9 nitrogen and oxygen atoms in total. The van der Waals surface area contributed by atoms with Crippen molar-refractivity contribution in [2.75, 3.05) is 44.7 Å². The Morgan fingerprint density at radius 2 is 1.90 bits per heavy atom. The van der Waals surface area contributed by atoms with Gasteiger partial charge in [-0.2, -0.15) is 0 Å². The maximum Gasteiger partial charge on any atom is 0.292 e. The summed E-state index contributed by atoms with van der Waals surface area (Å²) >= 11 is 5.07. The van der Waals surface area contributed by atoms with Crippen LogP contribution in [-0.4, -0.2) is 72.2 Å². The van der Waals surface area contributed by atoms with E-state index in [4.69, 9.17) is 18.0 Å². The summed E-state index contributed by atoms with van der Waals surface area (Å²) in [5.41, 5.74) is 8.79. The Labute approximate surface area is 181 Å². The van der Waals surface area contributed by atoms with Gasteiger partial charge in [0.15, 0.2) is 0 Å². The number of ketones is 1. The number of carbonyl (C=O) groups is 3. The SMILES string of the molecule is CCC(=O)C(=O)NC(=S)/C=C(\N)CN1CCN(c2ccc(C(=O)NC)nc2C)CC1. The Hall–Kier alpha value is -2.85. The van der Waals surface area contributed by atoms with E-state index in [0.717, 1.165) is 37.6 Å². The smallest absolute Gasteiger partial charge is 0.292 e. The zero-order valence-electron chi connectivity index (χ0n) is 17.5. The lowest BCUT2D eigenvalue weighted by Gasteiger charge is -2.36. The van der Waals surface area contributed by atoms with Crippen molar-refractivity contribution in [1.82, 2.24) is 20.5 Å². The van der Waals surface area contributed by atoms with Crippen LogP contribution in [0.1, 0.15) is 29.5 Å². The number of hydrogen-bond acceptors (Lipinski definition) is 8. The predicted octanol–water partition coefficient (Wildman–Crippen LogP) is 0.137. The third-order valence-corrected chi connectivity index (χ3v) is 4.98. The molecule has 1 saturated heterocycles. The van der Waals surface area contributed by atoms with Crippen molar-refractivity contribution in [3.8, 4) is 0 Å². The molecular weight excluding hydrogens is 404 g/mol. The molecule has 1 aliphatic heterocycles. The van der Waals surface area contributed by atoms with Gasteiger partial charge in [0.1, 0.15) is 10.7 Å². The van der Waals surface area contributed by atoms with E-state index in [0.29, 0.717) is 17.9 Å². The van der Waals surface area contributed by atoms with Crippen LogP contribution in [0.3, 0.4) is 0 Å². The largest absolute Gasteiger partial charge is 0.401 e. The highest BCUT2D eigenvalue weighted by atomic mass is 32.1. The highest BCUT2D eigenvalue weighted by molar-refractivity contribution is 7.80. The van der Waals surface area contributed by atoms with Crippen LogP contribution in [-0.2, 0) is 9.59 Å². The van der Waals surface area contributed by atoms with Crippen LogP contribution in [0.15, 0.2) is 23.9 Å². The molecule has 2 rings (SSSR count). The summed E-state index contributed by atoms with van der Waals surface area (Å²) in [6.07, 6.45) is 1.63. The second kappa shape index (κ2) is 10.8. The van der Waals surface area contributed by atoms with Gasteiger partial charge in [0, 0.05) is 51.9 Å². The Bertz CT molecular complexity index is 862. The minimum Gasteiger partial charge on any atom is -0.401 e. The van der Waals surface area contributed by atoms with Crippen LogP contribution < -0.4 is 21.3 Å². The third kappa shape index (κ3) is 6.33. The average Bonchev–Trinajstić information content (AvgIpc) is 2.72. The number of amides is 2. The number of carbonyl (C=O) groups excluding carboxylic acids is 3. The molecule has 0 spiro atoms. The third-order valence-electron chi connectivity index (χ3n) is 4.76. The van der Waals surface area contributed by atoms with E-state index in [1.54, 1.807) is 20.0 Å². The van der Waals surface area contributed by atoms with Crippen molar-refractivity contribution >= 4 is 40.5 Å². The first kappa shape index (κ1) is 23.4. The van der Waals surface area contributed by atoms with Crippen LogP contribution in [0.25, 0.3) is 0 Å². The van der Waals surface area contributed by atoms with E-state index < -0.39 is 11.7 Å². The molecule has 10 heteroatoms. The van der Waals surface area contributed by atoms with Crippen LogP contribution in [0.4, 0.5) is 5.69 Å². The zero-order valence-corrected chi connectivity index (χ0v) is 18.3. The fraction of sp³-hybridized carbons (Fsp3) is 0.450. The molecule has 1 aliphatic rings. The van der Waals surface area contributed by atoms with E-state index in [1.165, 1.54) is 6.08 Å². The van der Waals surface area contributed by atoms with Crippen molar-refractivity contribution < 1.29 is 14.4 Å². The predicted molar refractivity (Wildman–Crippen MR) is 119 cm³/mol. The first-order valence-corrected chi connectivity index (χ1v) is 10.2. The monoisotopic (exact) mass is 432 g/mol. The number of nitrogens with zero attached hydrogens (tertiary/aromatic N) is 3. The molecule has 162 valence electrons. The number of nitrogens with one attached hydrogen (secondary N) is 2. The topological polar surface area (TPSA) is 121 Å². The van der Waals surface area contributed by atoms with Crippen LogP contribution in [0.5, 0.6) is 0 Å². The van der Waals surface area contributed by atoms with E-state index in [2.05, 4.69) is 25.4 Å². The normalized spacial score (nSPS) is 14.9. The number of piperazine rings is 1. The minimum atomic E-state index is -0.716. The fourth-order valence-corrected chi connectivity index (χ4v) is 3.38. The first-order chi connectivity index (χ1) is 14.2. The number of aryl methyl sites for hydroxylation is 1. The van der Waals surface area contributed by atoms with Crippen molar-refractivity contribution in [2.45, 2.75) is 20.3 Å². The van der Waals surface area contributed by atoms with Gasteiger partial charge in [0.25, 0.3) is 11.8 Å². The lowest BCUT2D eigenvalue weighted by Crippen LogP contribution is -2.47. The highest BCUT2D eigenvalue weighted by Crippen LogP contribution is 2.20. The molecule has 1 aromatic heterocycles. The van der Waals surface area contributed by atoms with Crippen LogP contribution in [0, 0.1) is 6.92 Å². The van der Waals surface area contributed by atoms with Gasteiger partial charge in [-0.15, -0.1) is 0 Å². The number of rotatable bonds is 7. The van der Waals surface area contributed by atoms with Crippen LogP contribution in [0.2, 0.25) is 0 Å². The first-order valence-electron chi connectivity index (χ1n) is 9.76. The number of hydrogen-bond donors (Lipinski definition) is 3. The molecule has 0 radical (unpaired) electrons. The molecule has 0 saturated carbocycles. The Morgan fingerprint density at radius 1 is 1.23 bits per heavy atom. The van der Waals surface area contributed by atoms with Gasteiger partial charge in [0.2, 0.25) is 5.78 Å². The molecule has 0 aliphatic carbocycles. The summed E-state index contributed by atoms with van der Waals surface area (Å²) in [7, 11) is 1.58. The maximum absolute atomic E-state index is 11.7. The number of nitrogens with two attached hydrogens (primary N) is 1. The van der Waals surface area contributed by atoms with Gasteiger partial charge in [-0.25, -0.2) is 4.98 Å². The maximum atomic E-state index is 11.7. The summed E-state index contributed by atoms with van der Waals surface area (Å²) in [5, 5.41) is 4.95. The van der Waals surface area contributed by atoms with Crippen molar-refractivity contribution in [1.29, 1.82) is 0 Å². The van der Waals surface area contributed by atoms with Gasteiger partial charge >= 0.3 is 0 Å². The summed E-state index contributed by atoms with van der Waals surface area (Å²) < 4.78 is 0. The van der Waals surface area contributed by atoms with Gasteiger partial charge in [-0.05, 0) is 25.1 Å². The Kier molecular flexibility index (Phi) is 8.43. The quantitative estimate of drug-likeness (QED) is 0.316. The molecular formula is C20H28N6O3S. The molecule has 0 bridgehead atoms. The average molecular weight is 433 g/mol. The summed E-state index contributed by atoms with van der Waals surface area (Å²) in [6.45, 7) is 7.19. The number of Topliss-reactive ketones (excluding diaryl/α,β-unsaturated/α-hetero) is 1. The summed E-state index contributed by atoms with van der Waals surface area (Å²) in [4.78, 5) is 43.6. The second-order valence-corrected chi connectivity index (χ2v) is 7.40. The second-order valence-electron chi connectivity index (χ2n) is 6.96. The molecule has 0 atom stereocenters. The number of pyridine rings is 1. The standard InChI is InChI=1S/C20H28N6O3S/c1-4-17(27)20(29)24-18(30)11-14(21)12-25-7-9-26(10-8-25)16-6-5-15(19(28)22-3)23-13(16)2/h5-6,11H,4,7-10,12,21H2,1-3H3,(H,22,28)(H,24,29,30)/b14-11-. The number of thiocarbonyl (C=S) groups is 1. The van der Waals surface area contributed by atoms with Gasteiger partial charge in [-0.1, -0.05) is 19.1 Å². The van der Waals surface area contributed by atoms with Crippen molar-refractivity contribution in [3.63, 3.8) is 0 Å². The van der Waals surface area contributed by atoms with Crippen molar-refractivity contribution in [2.24, 2.45) is 5.73 Å². The molecule has 2 amide bonds. The minimum absolute atomic E-state index is 0.126. The molecule has 0 unspecified atom stereocenters.